The Morgan fingerprint density at radius 1 is 1.23 bits per heavy atom. The molecule has 5 nitrogen and oxygen atoms in total. The van der Waals surface area contributed by atoms with Crippen LogP contribution < -0.4 is 11.1 Å². The van der Waals surface area contributed by atoms with Crippen LogP contribution in [0.2, 0.25) is 0 Å². The summed E-state index contributed by atoms with van der Waals surface area (Å²) >= 11 is 0. The van der Waals surface area contributed by atoms with E-state index in [1.54, 1.807) is 6.20 Å². The molecule has 3 N–H and O–H groups in total. The molecule has 0 radical (unpaired) electrons. The lowest BCUT2D eigenvalue weighted by Crippen LogP contribution is -2.41. The molecule has 26 heavy (non-hydrogen) atoms. The van der Waals surface area contributed by atoms with Gasteiger partial charge in [0.05, 0.1) is 6.20 Å². The van der Waals surface area contributed by atoms with E-state index in [0.717, 1.165) is 17.7 Å². The van der Waals surface area contributed by atoms with Crippen LogP contribution >= 0.6 is 24.8 Å². The number of rotatable bonds is 8. The molecule has 0 spiro atoms. The molecule has 7 heteroatoms. The molecular weight excluding hydrogens is 373 g/mol. The largest absolute Gasteiger partial charge is 0.441 e. The topological polar surface area (TPSA) is 81.2 Å². The number of carbonyl (C=O) groups is 1. The number of hydrogen-bond acceptors (Lipinski definition) is 4. The van der Waals surface area contributed by atoms with Gasteiger partial charge in [-0.25, -0.2) is 4.98 Å². The van der Waals surface area contributed by atoms with Gasteiger partial charge in [-0.05, 0) is 19.3 Å². The number of benzene rings is 1. The molecule has 2 aromatic rings. The van der Waals surface area contributed by atoms with Crippen molar-refractivity contribution in [3.05, 3.63) is 41.9 Å². The van der Waals surface area contributed by atoms with Crippen molar-refractivity contribution in [2.75, 3.05) is 6.54 Å². The highest BCUT2D eigenvalue weighted by Crippen LogP contribution is 2.21. The Morgan fingerprint density at radius 3 is 2.46 bits per heavy atom. The first-order chi connectivity index (χ1) is 11.5. The number of aromatic nitrogens is 1. The molecule has 1 aromatic heterocycles. The van der Waals surface area contributed by atoms with Gasteiger partial charge in [0.2, 0.25) is 5.91 Å². The van der Waals surface area contributed by atoms with Crippen LogP contribution in [0.4, 0.5) is 0 Å². The highest BCUT2D eigenvalue weighted by Gasteiger charge is 2.14. The van der Waals surface area contributed by atoms with E-state index in [-0.39, 0.29) is 36.8 Å². The van der Waals surface area contributed by atoms with Gasteiger partial charge in [0.15, 0.2) is 11.7 Å². The van der Waals surface area contributed by atoms with Gasteiger partial charge >= 0.3 is 0 Å². The molecule has 1 heterocycles. The second-order valence-electron chi connectivity index (χ2n) is 6.61. The number of hydrogen-bond donors (Lipinski definition) is 2. The summed E-state index contributed by atoms with van der Waals surface area (Å²) in [6.07, 6.45) is 3.43. The molecule has 0 aliphatic rings. The first-order valence-electron chi connectivity index (χ1n) is 8.49. The van der Waals surface area contributed by atoms with Crippen molar-refractivity contribution in [1.82, 2.24) is 10.3 Å². The van der Waals surface area contributed by atoms with Crippen molar-refractivity contribution < 1.29 is 9.21 Å². The Bertz CT molecular complexity index is 657. The SMILES string of the molecule is Cc1ccc(-c2cnc(CCC(=O)NC(CN)CC(C)C)o2)cc1.Cl.Cl. The van der Waals surface area contributed by atoms with E-state index in [2.05, 4.69) is 24.1 Å². The van der Waals surface area contributed by atoms with Gasteiger partial charge in [-0.1, -0.05) is 43.7 Å². The molecule has 0 bridgehead atoms. The fraction of sp³-hybridized carbons (Fsp3) is 0.474. The van der Waals surface area contributed by atoms with Crippen LogP contribution in [0.5, 0.6) is 0 Å². The summed E-state index contributed by atoms with van der Waals surface area (Å²) in [4.78, 5) is 16.3. The maximum Gasteiger partial charge on any atom is 0.220 e. The first kappa shape index (κ1) is 24.4. The molecule has 0 fully saturated rings. The lowest BCUT2D eigenvalue weighted by Gasteiger charge is -2.18. The van der Waals surface area contributed by atoms with Crippen LogP contribution in [0.1, 0.15) is 38.1 Å². The van der Waals surface area contributed by atoms with Gasteiger partial charge in [-0.15, -0.1) is 24.8 Å². The Balaban J connectivity index is 0.00000312. The maximum atomic E-state index is 12.0. The van der Waals surface area contributed by atoms with E-state index < -0.39 is 0 Å². The first-order valence-corrected chi connectivity index (χ1v) is 8.49. The number of nitrogens with one attached hydrogen (secondary N) is 1. The Morgan fingerprint density at radius 2 is 1.88 bits per heavy atom. The molecule has 0 aliphatic carbocycles. The minimum Gasteiger partial charge on any atom is -0.441 e. The summed E-state index contributed by atoms with van der Waals surface area (Å²) in [5.74, 6) is 1.79. The predicted molar refractivity (Wildman–Crippen MR) is 110 cm³/mol. The van der Waals surface area contributed by atoms with Gasteiger partial charge < -0.3 is 15.5 Å². The van der Waals surface area contributed by atoms with E-state index in [9.17, 15) is 4.79 Å². The lowest BCUT2D eigenvalue weighted by atomic mass is 10.0. The van der Waals surface area contributed by atoms with Crippen LogP contribution in [0.3, 0.4) is 0 Å². The third-order valence-electron chi connectivity index (χ3n) is 3.86. The van der Waals surface area contributed by atoms with Crippen LogP contribution in [-0.4, -0.2) is 23.5 Å². The zero-order chi connectivity index (χ0) is 17.5. The fourth-order valence-electron chi connectivity index (χ4n) is 2.58. The molecule has 1 aromatic carbocycles. The van der Waals surface area contributed by atoms with Gasteiger partial charge in [-0.2, -0.15) is 0 Å². The number of oxazole rings is 1. The average molecular weight is 402 g/mol. The third kappa shape index (κ3) is 7.77. The van der Waals surface area contributed by atoms with E-state index in [4.69, 9.17) is 10.2 Å². The monoisotopic (exact) mass is 401 g/mol. The zero-order valence-corrected chi connectivity index (χ0v) is 17.2. The Kier molecular flexibility index (Phi) is 11.2. The van der Waals surface area contributed by atoms with Crippen molar-refractivity contribution in [3.8, 4) is 11.3 Å². The molecule has 2 rings (SSSR count). The third-order valence-corrected chi connectivity index (χ3v) is 3.86. The Labute approximate surface area is 168 Å². The molecule has 0 saturated heterocycles. The zero-order valence-electron chi connectivity index (χ0n) is 15.5. The summed E-state index contributed by atoms with van der Waals surface area (Å²) in [7, 11) is 0. The van der Waals surface area contributed by atoms with E-state index in [1.807, 2.05) is 31.2 Å². The summed E-state index contributed by atoms with van der Waals surface area (Å²) in [6.45, 7) is 6.74. The number of amides is 1. The second-order valence-corrected chi connectivity index (χ2v) is 6.61. The molecule has 0 aliphatic heterocycles. The highest BCUT2D eigenvalue weighted by atomic mass is 35.5. The molecule has 146 valence electrons. The standard InChI is InChI=1S/C19H27N3O2.2ClH/c1-13(2)10-16(11-20)22-18(23)8-9-19-21-12-17(24-19)15-6-4-14(3)5-7-15;;/h4-7,12-13,16H,8-11,20H2,1-3H3,(H,22,23);2*1H. The number of carbonyl (C=O) groups excluding carboxylic acids is 1. The van der Waals surface area contributed by atoms with Gasteiger partial charge in [0.25, 0.3) is 0 Å². The quantitative estimate of drug-likeness (QED) is 0.701. The van der Waals surface area contributed by atoms with Crippen LogP contribution in [0, 0.1) is 12.8 Å². The molecular formula is C19H29Cl2N3O2. The fourth-order valence-corrected chi connectivity index (χ4v) is 2.58. The summed E-state index contributed by atoms with van der Waals surface area (Å²) in [5.41, 5.74) is 7.90. The molecule has 1 atom stereocenters. The Hall–Kier alpha value is -1.56. The number of aryl methyl sites for hydroxylation is 2. The van der Waals surface area contributed by atoms with Crippen molar-refractivity contribution in [1.29, 1.82) is 0 Å². The van der Waals surface area contributed by atoms with E-state index in [1.165, 1.54) is 5.56 Å². The predicted octanol–water partition coefficient (Wildman–Crippen LogP) is 3.92. The van der Waals surface area contributed by atoms with Crippen molar-refractivity contribution in [2.45, 2.75) is 46.1 Å². The number of halogens is 2. The van der Waals surface area contributed by atoms with Gasteiger partial charge in [0.1, 0.15) is 0 Å². The molecule has 1 amide bonds. The number of nitrogens with zero attached hydrogens (tertiary/aromatic N) is 1. The smallest absolute Gasteiger partial charge is 0.220 e. The minimum atomic E-state index is -0.0128. The van der Waals surface area contributed by atoms with Crippen LogP contribution in [0.15, 0.2) is 34.9 Å². The lowest BCUT2D eigenvalue weighted by molar-refractivity contribution is -0.121. The number of nitrogens with two attached hydrogens (primary N) is 1. The van der Waals surface area contributed by atoms with Gasteiger partial charge in [0, 0.05) is 31.0 Å². The second kappa shape index (κ2) is 11.9. The van der Waals surface area contributed by atoms with Crippen LogP contribution in [-0.2, 0) is 11.2 Å². The van der Waals surface area contributed by atoms with Gasteiger partial charge in [-0.3, -0.25) is 4.79 Å². The summed E-state index contributed by atoms with van der Waals surface area (Å²) < 4.78 is 5.74. The molecule has 0 saturated carbocycles. The van der Waals surface area contributed by atoms with Crippen molar-refractivity contribution >= 4 is 30.7 Å². The average Bonchev–Trinajstić information content (AvgIpc) is 3.01. The van der Waals surface area contributed by atoms with E-state index >= 15 is 0 Å². The highest BCUT2D eigenvalue weighted by molar-refractivity contribution is 5.85. The van der Waals surface area contributed by atoms with Crippen molar-refractivity contribution in [2.24, 2.45) is 11.7 Å². The minimum absolute atomic E-state index is 0. The molecule has 1 unspecified atom stereocenters. The summed E-state index contributed by atoms with van der Waals surface area (Å²) in [5, 5.41) is 2.98. The van der Waals surface area contributed by atoms with E-state index in [0.29, 0.717) is 31.2 Å². The summed E-state index contributed by atoms with van der Waals surface area (Å²) in [6, 6.07) is 8.11. The van der Waals surface area contributed by atoms with Crippen LogP contribution in [0.25, 0.3) is 11.3 Å². The van der Waals surface area contributed by atoms with Crippen molar-refractivity contribution in [3.63, 3.8) is 0 Å². The maximum absolute atomic E-state index is 12.0. The normalized spacial score (nSPS) is 11.4.